The lowest BCUT2D eigenvalue weighted by Gasteiger charge is -2.47. The number of morpholine rings is 1. The first-order chi connectivity index (χ1) is 17.1. The average molecular weight is 493 g/mol. The first kappa shape index (κ1) is 22.6. The molecule has 1 aromatic heterocycles. The number of ether oxygens (including phenoxy) is 1. The molecule has 2 amide bonds. The summed E-state index contributed by atoms with van der Waals surface area (Å²) >= 11 is 6.17. The Morgan fingerprint density at radius 1 is 1.00 bits per heavy atom. The predicted octanol–water partition coefficient (Wildman–Crippen LogP) is 3.23. The highest BCUT2D eigenvalue weighted by molar-refractivity contribution is 6.30. The minimum Gasteiger partial charge on any atom is -0.379 e. The van der Waals surface area contributed by atoms with Crippen molar-refractivity contribution in [3.05, 3.63) is 70.4 Å². The third-order valence-electron chi connectivity index (χ3n) is 7.53. The van der Waals surface area contributed by atoms with Gasteiger partial charge in [0.1, 0.15) is 6.04 Å². The Bertz CT molecular complexity index is 1250. The number of amides is 2. The van der Waals surface area contributed by atoms with E-state index in [1.54, 1.807) is 4.90 Å². The van der Waals surface area contributed by atoms with Crippen molar-refractivity contribution in [3.63, 3.8) is 0 Å². The van der Waals surface area contributed by atoms with E-state index in [0.29, 0.717) is 18.0 Å². The van der Waals surface area contributed by atoms with Gasteiger partial charge in [0.25, 0.3) is 0 Å². The van der Waals surface area contributed by atoms with Crippen molar-refractivity contribution in [2.24, 2.45) is 0 Å². The molecule has 3 aliphatic rings. The maximum Gasteiger partial charge on any atom is 0.246 e. The van der Waals surface area contributed by atoms with Crippen LogP contribution in [0.3, 0.4) is 0 Å². The van der Waals surface area contributed by atoms with Crippen LogP contribution in [0.15, 0.2) is 48.5 Å². The van der Waals surface area contributed by atoms with Crippen molar-refractivity contribution >= 4 is 34.3 Å². The van der Waals surface area contributed by atoms with E-state index in [1.165, 1.54) is 0 Å². The van der Waals surface area contributed by atoms with Crippen molar-refractivity contribution in [1.82, 2.24) is 19.7 Å². The Hall–Kier alpha value is -2.87. The van der Waals surface area contributed by atoms with Gasteiger partial charge >= 0.3 is 0 Å². The fraction of sp³-hybridized carbons (Fsp3) is 0.407. The Balaban J connectivity index is 1.31. The van der Waals surface area contributed by atoms with E-state index < -0.39 is 6.04 Å². The predicted molar refractivity (Wildman–Crippen MR) is 134 cm³/mol. The number of carbonyl (C=O) groups excluding carboxylic acids is 2. The number of para-hydroxylation sites is 1. The van der Waals surface area contributed by atoms with Crippen molar-refractivity contribution in [2.75, 3.05) is 45.9 Å². The summed E-state index contributed by atoms with van der Waals surface area (Å²) in [5.74, 6) is 0.0340. The van der Waals surface area contributed by atoms with Gasteiger partial charge in [0, 0.05) is 54.2 Å². The molecule has 2 atom stereocenters. The Morgan fingerprint density at radius 3 is 2.57 bits per heavy atom. The van der Waals surface area contributed by atoms with E-state index >= 15 is 0 Å². The number of hydrogen-bond donors (Lipinski definition) is 1. The number of carbonyl (C=O) groups is 2. The molecule has 0 spiro atoms. The first-order valence-electron chi connectivity index (χ1n) is 12.3. The number of hydrogen-bond acceptors (Lipinski definition) is 4. The average Bonchev–Trinajstić information content (AvgIpc) is 3.25. The molecule has 0 aliphatic carbocycles. The highest BCUT2D eigenvalue weighted by Crippen LogP contribution is 2.42. The molecule has 3 aromatic rings. The number of benzene rings is 2. The largest absolute Gasteiger partial charge is 0.379 e. The van der Waals surface area contributed by atoms with E-state index in [4.69, 9.17) is 16.3 Å². The van der Waals surface area contributed by atoms with Gasteiger partial charge in [-0.3, -0.25) is 14.5 Å². The molecule has 182 valence electrons. The number of aromatic amines is 1. The molecule has 4 heterocycles. The van der Waals surface area contributed by atoms with Crippen LogP contribution in [-0.2, 0) is 20.7 Å². The summed E-state index contributed by atoms with van der Waals surface area (Å²) in [7, 11) is 0. The smallest absolute Gasteiger partial charge is 0.246 e. The van der Waals surface area contributed by atoms with Crippen LogP contribution in [0.25, 0.3) is 10.9 Å². The van der Waals surface area contributed by atoms with Crippen LogP contribution >= 0.6 is 11.6 Å². The maximum atomic E-state index is 13.8. The van der Waals surface area contributed by atoms with E-state index in [2.05, 4.69) is 16.0 Å². The number of nitrogens with one attached hydrogen (secondary N) is 1. The van der Waals surface area contributed by atoms with Crippen molar-refractivity contribution in [1.29, 1.82) is 0 Å². The van der Waals surface area contributed by atoms with Crippen molar-refractivity contribution < 1.29 is 14.3 Å². The number of piperazine rings is 1. The quantitative estimate of drug-likeness (QED) is 0.593. The second-order valence-corrected chi connectivity index (χ2v) is 10.0. The molecule has 0 unspecified atom stereocenters. The lowest BCUT2D eigenvalue weighted by molar-refractivity contribution is -0.158. The van der Waals surface area contributed by atoms with Crippen LogP contribution in [0.2, 0.25) is 5.02 Å². The molecule has 2 saturated heterocycles. The SMILES string of the molecule is O=C1[C@@H]2Cc3c([nH]c4ccccc34)[C@@H](c3ccc(Cl)cc3)N2C(=O)CN1CCCN1CCOCC1. The normalized spacial score (nSPS) is 23.0. The number of halogens is 1. The molecule has 1 N–H and O–H groups in total. The second-order valence-electron chi connectivity index (χ2n) is 9.61. The third-order valence-corrected chi connectivity index (χ3v) is 7.79. The number of fused-ring (bicyclic) bond motifs is 4. The van der Waals surface area contributed by atoms with Crippen LogP contribution < -0.4 is 0 Å². The molecule has 6 rings (SSSR count). The Morgan fingerprint density at radius 2 is 1.77 bits per heavy atom. The highest BCUT2D eigenvalue weighted by atomic mass is 35.5. The molecular formula is C27H29ClN4O3. The van der Waals surface area contributed by atoms with Gasteiger partial charge in [0.15, 0.2) is 0 Å². The molecule has 2 aromatic carbocycles. The van der Waals surface area contributed by atoms with E-state index in [-0.39, 0.29) is 24.4 Å². The zero-order chi connectivity index (χ0) is 23.9. The fourth-order valence-electron chi connectivity index (χ4n) is 5.81. The standard InChI is InChI=1S/C27H29ClN4O3/c28-19-8-6-18(7-9-19)26-25-21(20-4-1-2-5-22(20)29-25)16-23-27(34)31(17-24(33)32(23)26)11-3-10-30-12-14-35-15-13-30/h1-2,4-9,23,26,29H,3,10-17H2/t23-,26+/m0/s1. The second kappa shape index (κ2) is 9.30. The van der Waals surface area contributed by atoms with Crippen LogP contribution in [0.5, 0.6) is 0 Å². The van der Waals surface area contributed by atoms with Crippen LogP contribution in [0, 0.1) is 0 Å². The highest BCUT2D eigenvalue weighted by Gasteiger charge is 2.48. The molecule has 7 nitrogen and oxygen atoms in total. The molecule has 0 radical (unpaired) electrons. The minimum atomic E-state index is -0.507. The summed E-state index contributed by atoms with van der Waals surface area (Å²) in [4.78, 5) is 36.8. The number of aromatic nitrogens is 1. The van der Waals surface area contributed by atoms with Crippen LogP contribution in [-0.4, -0.2) is 83.5 Å². The molecule has 0 saturated carbocycles. The van der Waals surface area contributed by atoms with Gasteiger partial charge in [-0.2, -0.15) is 0 Å². The lowest BCUT2D eigenvalue weighted by Crippen LogP contribution is -2.63. The van der Waals surface area contributed by atoms with Gasteiger partial charge in [-0.15, -0.1) is 0 Å². The summed E-state index contributed by atoms with van der Waals surface area (Å²) in [6.07, 6.45) is 1.37. The van der Waals surface area contributed by atoms with E-state index in [0.717, 1.165) is 67.0 Å². The monoisotopic (exact) mass is 492 g/mol. The summed E-state index contributed by atoms with van der Waals surface area (Å²) in [5.41, 5.74) is 4.09. The molecular weight excluding hydrogens is 464 g/mol. The summed E-state index contributed by atoms with van der Waals surface area (Å²) in [5, 5.41) is 1.76. The van der Waals surface area contributed by atoms with Crippen LogP contribution in [0.1, 0.15) is 29.3 Å². The maximum absolute atomic E-state index is 13.8. The number of rotatable bonds is 5. The third kappa shape index (κ3) is 4.11. The van der Waals surface area contributed by atoms with Crippen molar-refractivity contribution in [3.8, 4) is 0 Å². The molecule has 2 fully saturated rings. The fourth-order valence-corrected chi connectivity index (χ4v) is 5.94. The Kier molecular flexibility index (Phi) is 6.00. The van der Waals surface area contributed by atoms with Gasteiger partial charge in [-0.25, -0.2) is 0 Å². The van der Waals surface area contributed by atoms with Gasteiger partial charge in [0.2, 0.25) is 11.8 Å². The van der Waals surface area contributed by atoms with E-state index in [9.17, 15) is 9.59 Å². The molecule has 35 heavy (non-hydrogen) atoms. The topological polar surface area (TPSA) is 68.9 Å². The minimum absolute atomic E-state index is 0.00905. The molecule has 0 bridgehead atoms. The Labute approximate surface area is 209 Å². The van der Waals surface area contributed by atoms with Gasteiger partial charge in [-0.1, -0.05) is 41.9 Å². The van der Waals surface area contributed by atoms with E-state index in [1.807, 2.05) is 47.4 Å². The summed E-state index contributed by atoms with van der Waals surface area (Å²) in [6.45, 7) is 5.01. The number of nitrogens with zero attached hydrogens (tertiary/aromatic N) is 3. The zero-order valence-electron chi connectivity index (χ0n) is 19.6. The van der Waals surface area contributed by atoms with Crippen LogP contribution in [0.4, 0.5) is 0 Å². The zero-order valence-corrected chi connectivity index (χ0v) is 20.3. The first-order valence-corrected chi connectivity index (χ1v) is 12.7. The van der Waals surface area contributed by atoms with Gasteiger partial charge in [-0.05, 0) is 35.7 Å². The molecule has 8 heteroatoms. The summed E-state index contributed by atoms with van der Waals surface area (Å²) in [6, 6.07) is 14.9. The van der Waals surface area contributed by atoms with Gasteiger partial charge < -0.3 is 19.5 Å². The lowest BCUT2D eigenvalue weighted by atomic mass is 9.86. The number of H-pyrrole nitrogens is 1. The molecule has 3 aliphatic heterocycles. The van der Waals surface area contributed by atoms with Crippen molar-refractivity contribution in [2.45, 2.75) is 24.9 Å². The van der Waals surface area contributed by atoms with Gasteiger partial charge in [0.05, 0.1) is 25.8 Å². The summed E-state index contributed by atoms with van der Waals surface area (Å²) < 4.78 is 5.43.